The van der Waals surface area contributed by atoms with E-state index in [-0.39, 0.29) is 11.4 Å². The van der Waals surface area contributed by atoms with E-state index in [2.05, 4.69) is 21.0 Å². The third kappa shape index (κ3) is 5.17. The van der Waals surface area contributed by atoms with Gasteiger partial charge in [-0.2, -0.15) is 9.78 Å². The molecule has 0 fully saturated rings. The van der Waals surface area contributed by atoms with E-state index < -0.39 is 12.1 Å². The van der Waals surface area contributed by atoms with Crippen molar-refractivity contribution < 1.29 is 18.7 Å². The second kappa shape index (κ2) is 10.4. The molecule has 186 valence electrons. The molecule has 0 bridgehead atoms. The van der Waals surface area contributed by atoms with Gasteiger partial charge in [-0.3, -0.25) is 4.79 Å². The van der Waals surface area contributed by atoms with Crippen LogP contribution in [0.1, 0.15) is 19.4 Å². The summed E-state index contributed by atoms with van der Waals surface area (Å²) in [5, 5.41) is 5.78. The van der Waals surface area contributed by atoms with E-state index in [1.54, 1.807) is 62.5 Å². The van der Waals surface area contributed by atoms with E-state index in [0.29, 0.717) is 34.6 Å². The SMILES string of the molecule is CCOC(=O)[C@@H](C)Oc1ccc(C=Nn2c(-c3cc4cc(Br)ccc4o3)nc3ccccc3c2=O)cc1. The molecule has 3 aromatic carbocycles. The maximum Gasteiger partial charge on any atom is 0.347 e. The topological polar surface area (TPSA) is 95.9 Å². The summed E-state index contributed by atoms with van der Waals surface area (Å²) >= 11 is 3.47. The summed E-state index contributed by atoms with van der Waals surface area (Å²) in [7, 11) is 0. The van der Waals surface area contributed by atoms with Crippen LogP contribution in [0.3, 0.4) is 0 Å². The summed E-state index contributed by atoms with van der Waals surface area (Å²) < 4.78 is 18.8. The van der Waals surface area contributed by atoms with Crippen molar-refractivity contribution in [3.63, 3.8) is 0 Å². The summed E-state index contributed by atoms with van der Waals surface area (Å²) in [4.78, 5) is 29.9. The summed E-state index contributed by atoms with van der Waals surface area (Å²) in [6.07, 6.45) is 0.827. The molecule has 0 saturated heterocycles. The van der Waals surface area contributed by atoms with Crippen LogP contribution in [0.5, 0.6) is 5.75 Å². The molecule has 0 aliphatic heterocycles. The van der Waals surface area contributed by atoms with Crippen molar-refractivity contribution in [3.8, 4) is 17.3 Å². The largest absolute Gasteiger partial charge is 0.479 e. The molecule has 5 aromatic rings. The molecule has 2 aromatic heterocycles. The molecule has 0 unspecified atom stereocenters. The Morgan fingerprint density at radius 2 is 1.92 bits per heavy atom. The molecule has 9 heteroatoms. The quantitative estimate of drug-likeness (QED) is 0.185. The first-order chi connectivity index (χ1) is 17.9. The van der Waals surface area contributed by atoms with Crippen LogP contribution in [-0.4, -0.2) is 34.6 Å². The van der Waals surface area contributed by atoms with Crippen molar-refractivity contribution in [2.75, 3.05) is 6.61 Å². The van der Waals surface area contributed by atoms with Gasteiger partial charge in [0.1, 0.15) is 11.3 Å². The Balaban J connectivity index is 1.50. The second-order valence-corrected chi connectivity index (χ2v) is 9.10. The van der Waals surface area contributed by atoms with Crippen LogP contribution in [0.4, 0.5) is 0 Å². The minimum atomic E-state index is -0.728. The number of benzene rings is 3. The number of furan rings is 1. The van der Waals surface area contributed by atoms with E-state index in [1.807, 2.05) is 30.3 Å². The van der Waals surface area contributed by atoms with E-state index in [4.69, 9.17) is 18.9 Å². The van der Waals surface area contributed by atoms with Gasteiger partial charge in [0, 0.05) is 9.86 Å². The van der Waals surface area contributed by atoms with E-state index in [0.717, 1.165) is 15.4 Å². The second-order valence-electron chi connectivity index (χ2n) is 8.19. The average molecular weight is 560 g/mol. The predicted octanol–water partition coefficient (Wildman–Crippen LogP) is 5.78. The number of aromatic nitrogens is 2. The molecule has 0 amide bonds. The number of carbonyl (C=O) groups excluding carboxylic acids is 1. The highest BCUT2D eigenvalue weighted by atomic mass is 79.9. The first-order valence-corrected chi connectivity index (χ1v) is 12.4. The van der Waals surface area contributed by atoms with Gasteiger partial charge in [0.25, 0.3) is 5.56 Å². The lowest BCUT2D eigenvalue weighted by molar-refractivity contribution is -0.150. The third-order valence-corrected chi connectivity index (χ3v) is 6.08. The zero-order valence-corrected chi connectivity index (χ0v) is 21.6. The summed E-state index contributed by atoms with van der Waals surface area (Å²) in [6.45, 7) is 3.66. The van der Waals surface area contributed by atoms with Gasteiger partial charge in [0.05, 0.1) is 23.7 Å². The molecule has 5 rings (SSSR count). The molecule has 0 N–H and O–H groups in total. The van der Waals surface area contributed by atoms with Crippen LogP contribution in [0, 0.1) is 0 Å². The lowest BCUT2D eigenvalue weighted by Crippen LogP contribution is -2.26. The Kier molecular flexibility index (Phi) is 6.87. The molecule has 0 aliphatic rings. The number of rotatable bonds is 7. The zero-order valence-electron chi connectivity index (χ0n) is 20.1. The molecule has 2 heterocycles. The lowest BCUT2D eigenvalue weighted by Gasteiger charge is -2.13. The highest BCUT2D eigenvalue weighted by Crippen LogP contribution is 2.29. The Hall–Kier alpha value is -4.24. The van der Waals surface area contributed by atoms with E-state index >= 15 is 0 Å². The van der Waals surface area contributed by atoms with E-state index in [1.165, 1.54) is 4.68 Å². The summed E-state index contributed by atoms with van der Waals surface area (Å²) in [6, 6.07) is 21.6. The highest BCUT2D eigenvalue weighted by Gasteiger charge is 2.17. The Morgan fingerprint density at radius 1 is 1.14 bits per heavy atom. The van der Waals surface area contributed by atoms with Gasteiger partial charge in [-0.25, -0.2) is 9.78 Å². The lowest BCUT2D eigenvalue weighted by atomic mass is 10.2. The van der Waals surface area contributed by atoms with Crippen molar-refractivity contribution in [3.05, 3.63) is 93.2 Å². The smallest absolute Gasteiger partial charge is 0.347 e. The average Bonchev–Trinajstić information content (AvgIpc) is 3.32. The van der Waals surface area contributed by atoms with Crippen LogP contribution >= 0.6 is 15.9 Å². The van der Waals surface area contributed by atoms with Crippen molar-refractivity contribution in [1.29, 1.82) is 0 Å². The zero-order chi connectivity index (χ0) is 25.9. The van der Waals surface area contributed by atoms with Gasteiger partial charge in [-0.1, -0.05) is 28.1 Å². The van der Waals surface area contributed by atoms with Gasteiger partial charge >= 0.3 is 5.97 Å². The van der Waals surface area contributed by atoms with Gasteiger partial charge in [-0.05, 0) is 80.1 Å². The minimum Gasteiger partial charge on any atom is -0.479 e. The van der Waals surface area contributed by atoms with Crippen LogP contribution in [0.2, 0.25) is 0 Å². The first-order valence-electron chi connectivity index (χ1n) is 11.6. The van der Waals surface area contributed by atoms with Crippen LogP contribution < -0.4 is 10.3 Å². The standard InChI is InChI=1S/C28H22BrN3O5/c1-3-35-28(34)17(2)36-21-11-8-18(9-12-21)16-30-32-26(31-23-7-5-4-6-22(23)27(32)33)25-15-19-14-20(29)10-13-24(19)37-25/h4-17H,3H2,1-2H3/t17-/m1/s1. The Bertz CT molecular complexity index is 1690. The van der Waals surface area contributed by atoms with E-state index in [9.17, 15) is 9.59 Å². The monoisotopic (exact) mass is 559 g/mol. The number of esters is 1. The highest BCUT2D eigenvalue weighted by molar-refractivity contribution is 9.10. The number of carbonyl (C=O) groups is 1. The fraction of sp³-hybridized carbons (Fsp3) is 0.143. The maximum atomic E-state index is 13.4. The fourth-order valence-electron chi connectivity index (χ4n) is 3.78. The maximum absolute atomic E-state index is 13.4. The molecule has 37 heavy (non-hydrogen) atoms. The van der Waals surface area contributed by atoms with Crippen LogP contribution in [-0.2, 0) is 9.53 Å². The number of nitrogens with zero attached hydrogens (tertiary/aromatic N) is 3. The number of para-hydroxylation sites is 1. The molecule has 0 aliphatic carbocycles. The van der Waals surface area contributed by atoms with Crippen LogP contribution in [0.15, 0.2) is 91.6 Å². The van der Waals surface area contributed by atoms with Gasteiger partial charge in [-0.15, -0.1) is 0 Å². The van der Waals surface area contributed by atoms with Crippen molar-refractivity contribution in [2.45, 2.75) is 20.0 Å². The number of ether oxygens (including phenoxy) is 2. The first kappa shape index (κ1) is 24.5. The molecular formula is C28H22BrN3O5. The number of halogens is 1. The third-order valence-electron chi connectivity index (χ3n) is 5.59. The number of fused-ring (bicyclic) bond motifs is 2. The van der Waals surface area contributed by atoms with Gasteiger partial charge in [0.15, 0.2) is 11.9 Å². The molecule has 0 spiro atoms. The Labute approximate surface area is 220 Å². The fourth-order valence-corrected chi connectivity index (χ4v) is 4.16. The summed E-state index contributed by atoms with van der Waals surface area (Å²) in [5.41, 5.74) is 1.62. The molecule has 1 atom stereocenters. The van der Waals surface area contributed by atoms with Crippen LogP contribution in [0.25, 0.3) is 33.5 Å². The van der Waals surface area contributed by atoms with Gasteiger partial charge < -0.3 is 13.9 Å². The molecule has 8 nitrogen and oxygen atoms in total. The molecule has 0 radical (unpaired) electrons. The summed E-state index contributed by atoms with van der Waals surface area (Å²) in [5.74, 6) is 0.790. The van der Waals surface area contributed by atoms with Gasteiger partial charge in [0.2, 0.25) is 5.82 Å². The molecule has 0 saturated carbocycles. The van der Waals surface area contributed by atoms with Crippen molar-refractivity contribution in [2.24, 2.45) is 5.10 Å². The van der Waals surface area contributed by atoms with Crippen molar-refractivity contribution >= 4 is 50.0 Å². The number of hydrogen-bond acceptors (Lipinski definition) is 7. The predicted molar refractivity (Wildman–Crippen MR) is 145 cm³/mol. The Morgan fingerprint density at radius 3 is 2.70 bits per heavy atom. The number of hydrogen-bond donors (Lipinski definition) is 0. The van der Waals surface area contributed by atoms with Crippen molar-refractivity contribution in [1.82, 2.24) is 9.66 Å². The normalized spacial score (nSPS) is 12.3. The molecular weight excluding hydrogens is 538 g/mol. The minimum absolute atomic E-state index is 0.287.